The lowest BCUT2D eigenvalue weighted by molar-refractivity contribution is -0.121. The van der Waals surface area contributed by atoms with Gasteiger partial charge >= 0.3 is 6.61 Å². The highest BCUT2D eigenvalue weighted by atomic mass is 19.3. The summed E-state index contributed by atoms with van der Waals surface area (Å²) in [5, 5.41) is 2.73. The minimum absolute atomic E-state index is 0.0281. The molecule has 0 spiro atoms. The Bertz CT molecular complexity index is 762. The molecule has 1 saturated heterocycles. The van der Waals surface area contributed by atoms with Crippen molar-refractivity contribution in [3.8, 4) is 5.75 Å². The predicted octanol–water partition coefficient (Wildman–Crippen LogP) is 4.57. The highest BCUT2D eigenvalue weighted by Crippen LogP contribution is 2.27. The average Bonchev–Trinajstić information content (AvgIpc) is 2.70. The van der Waals surface area contributed by atoms with Gasteiger partial charge in [-0.2, -0.15) is 8.78 Å². The normalized spacial score (nSPS) is 16.7. The van der Waals surface area contributed by atoms with E-state index >= 15 is 0 Å². The smallest absolute Gasteiger partial charge is 0.387 e. The van der Waals surface area contributed by atoms with Crippen molar-refractivity contribution < 1.29 is 18.3 Å². The standard InChI is InChI=1S/C22H26F2N2O2/c1-16(21(27)25-19-9-5-6-10-20(19)28-22(23)24)26-13-11-18(12-14-26)15-17-7-3-2-4-8-17/h2-10,16,18,22H,11-15H2,1H3,(H,25,27)/t16-/m0/s1. The SMILES string of the molecule is C[C@@H](C(=O)Nc1ccccc1OC(F)F)N1CCC(Cc2ccccc2)CC1. The molecule has 28 heavy (non-hydrogen) atoms. The second kappa shape index (κ2) is 9.64. The Morgan fingerprint density at radius 3 is 2.43 bits per heavy atom. The van der Waals surface area contributed by atoms with Crippen LogP contribution in [0, 0.1) is 5.92 Å². The number of alkyl halides is 2. The molecule has 0 unspecified atom stereocenters. The van der Waals surface area contributed by atoms with Crippen molar-refractivity contribution in [1.29, 1.82) is 0 Å². The Morgan fingerprint density at radius 2 is 1.75 bits per heavy atom. The van der Waals surface area contributed by atoms with Gasteiger partial charge in [0.1, 0.15) is 5.75 Å². The molecule has 1 atom stereocenters. The first-order valence-corrected chi connectivity index (χ1v) is 9.65. The Balaban J connectivity index is 1.52. The minimum Gasteiger partial charge on any atom is -0.433 e. The highest BCUT2D eigenvalue weighted by molar-refractivity contribution is 5.95. The lowest BCUT2D eigenvalue weighted by Crippen LogP contribution is -2.46. The molecule has 6 heteroatoms. The largest absolute Gasteiger partial charge is 0.433 e. The Morgan fingerprint density at radius 1 is 1.11 bits per heavy atom. The summed E-state index contributed by atoms with van der Waals surface area (Å²) in [5.41, 5.74) is 1.61. The lowest BCUT2D eigenvalue weighted by Gasteiger charge is -2.35. The van der Waals surface area contributed by atoms with E-state index in [0.717, 1.165) is 32.4 Å². The summed E-state index contributed by atoms with van der Waals surface area (Å²) < 4.78 is 29.6. The van der Waals surface area contributed by atoms with Gasteiger partial charge in [-0.25, -0.2) is 0 Å². The van der Waals surface area contributed by atoms with E-state index in [1.165, 1.54) is 11.6 Å². The van der Waals surface area contributed by atoms with Gasteiger partial charge < -0.3 is 10.1 Å². The quantitative estimate of drug-likeness (QED) is 0.756. The molecule has 0 radical (unpaired) electrons. The van der Waals surface area contributed by atoms with Crippen molar-refractivity contribution in [2.45, 2.75) is 38.8 Å². The Kier molecular flexibility index (Phi) is 6.98. The molecule has 4 nitrogen and oxygen atoms in total. The van der Waals surface area contributed by atoms with Crippen LogP contribution >= 0.6 is 0 Å². The van der Waals surface area contributed by atoms with Crippen molar-refractivity contribution in [1.82, 2.24) is 4.90 Å². The molecule has 0 bridgehead atoms. The second-order valence-corrected chi connectivity index (χ2v) is 7.21. The maximum atomic E-state index is 12.6. The van der Waals surface area contributed by atoms with Crippen molar-refractivity contribution in [3.63, 3.8) is 0 Å². The van der Waals surface area contributed by atoms with E-state index < -0.39 is 6.61 Å². The number of ether oxygens (including phenoxy) is 1. The number of carbonyl (C=O) groups excluding carboxylic acids is 1. The van der Waals surface area contributed by atoms with Gasteiger partial charge in [0.25, 0.3) is 0 Å². The van der Waals surface area contributed by atoms with E-state index in [4.69, 9.17) is 0 Å². The summed E-state index contributed by atoms with van der Waals surface area (Å²) in [5.74, 6) is 0.375. The molecule has 1 aliphatic rings. The van der Waals surface area contributed by atoms with Crippen LogP contribution in [0.15, 0.2) is 54.6 Å². The first-order valence-electron chi connectivity index (χ1n) is 9.65. The third-order valence-electron chi connectivity index (χ3n) is 5.30. The number of nitrogens with one attached hydrogen (secondary N) is 1. The second-order valence-electron chi connectivity index (χ2n) is 7.21. The van der Waals surface area contributed by atoms with Gasteiger partial charge in [-0.3, -0.25) is 9.69 Å². The number of anilines is 1. The van der Waals surface area contributed by atoms with E-state index in [0.29, 0.717) is 5.92 Å². The van der Waals surface area contributed by atoms with Crippen LogP contribution in [0.4, 0.5) is 14.5 Å². The van der Waals surface area contributed by atoms with E-state index in [1.807, 2.05) is 13.0 Å². The van der Waals surface area contributed by atoms with Crippen molar-refractivity contribution in [2.75, 3.05) is 18.4 Å². The monoisotopic (exact) mass is 388 g/mol. The third kappa shape index (κ3) is 5.52. The van der Waals surface area contributed by atoms with Crippen LogP contribution in [0.2, 0.25) is 0 Å². The Hall–Kier alpha value is -2.47. The molecular formula is C22H26F2N2O2. The highest BCUT2D eigenvalue weighted by Gasteiger charge is 2.27. The summed E-state index contributed by atoms with van der Waals surface area (Å²) in [6.07, 6.45) is 3.14. The zero-order valence-corrected chi connectivity index (χ0v) is 16.0. The summed E-state index contributed by atoms with van der Waals surface area (Å²) in [6, 6.07) is 16.4. The molecule has 0 aromatic heterocycles. The lowest BCUT2D eigenvalue weighted by atomic mass is 9.89. The third-order valence-corrected chi connectivity index (χ3v) is 5.30. The van der Waals surface area contributed by atoms with Gasteiger partial charge in [0.2, 0.25) is 5.91 Å². The van der Waals surface area contributed by atoms with E-state index in [-0.39, 0.29) is 23.4 Å². The number of nitrogens with zero attached hydrogens (tertiary/aromatic N) is 1. The van der Waals surface area contributed by atoms with Crippen LogP contribution in [0.25, 0.3) is 0 Å². The van der Waals surface area contributed by atoms with E-state index in [1.54, 1.807) is 18.2 Å². The van der Waals surface area contributed by atoms with Crippen LogP contribution in [0.5, 0.6) is 5.75 Å². The molecule has 1 N–H and O–H groups in total. The number of halogens is 2. The van der Waals surface area contributed by atoms with Crippen LogP contribution in [0.3, 0.4) is 0 Å². The topological polar surface area (TPSA) is 41.6 Å². The fraction of sp³-hybridized carbons (Fsp3) is 0.409. The molecule has 3 rings (SSSR count). The number of hydrogen-bond donors (Lipinski definition) is 1. The summed E-state index contributed by atoms with van der Waals surface area (Å²) in [6.45, 7) is 0.616. The molecule has 150 valence electrons. The van der Waals surface area contributed by atoms with Crippen LogP contribution < -0.4 is 10.1 Å². The summed E-state index contributed by atoms with van der Waals surface area (Å²) >= 11 is 0. The van der Waals surface area contributed by atoms with Gasteiger partial charge in [-0.15, -0.1) is 0 Å². The predicted molar refractivity (Wildman–Crippen MR) is 106 cm³/mol. The fourth-order valence-electron chi connectivity index (χ4n) is 3.66. The Labute approximate surface area is 164 Å². The van der Waals surface area contributed by atoms with Crippen molar-refractivity contribution in [2.24, 2.45) is 5.92 Å². The number of piperidine rings is 1. The number of carbonyl (C=O) groups is 1. The van der Waals surface area contributed by atoms with Crippen LogP contribution in [0.1, 0.15) is 25.3 Å². The molecular weight excluding hydrogens is 362 g/mol. The van der Waals surface area contributed by atoms with Crippen LogP contribution in [-0.2, 0) is 11.2 Å². The minimum atomic E-state index is -2.93. The average molecular weight is 388 g/mol. The van der Waals surface area contributed by atoms with Crippen LogP contribution in [-0.4, -0.2) is 36.5 Å². The van der Waals surface area contributed by atoms with Gasteiger partial charge in [-0.05, 0) is 62.9 Å². The summed E-state index contributed by atoms with van der Waals surface area (Å²) in [4.78, 5) is 14.8. The molecule has 1 aliphatic heterocycles. The molecule has 2 aromatic carbocycles. The zero-order valence-electron chi connectivity index (χ0n) is 16.0. The molecule has 2 aromatic rings. The van der Waals surface area contributed by atoms with E-state index in [2.05, 4.69) is 39.2 Å². The molecule has 0 saturated carbocycles. The van der Waals surface area contributed by atoms with Crippen molar-refractivity contribution in [3.05, 3.63) is 60.2 Å². The van der Waals surface area contributed by atoms with Gasteiger partial charge in [0.15, 0.2) is 0 Å². The number of rotatable bonds is 7. The fourth-order valence-corrected chi connectivity index (χ4v) is 3.66. The summed E-state index contributed by atoms with van der Waals surface area (Å²) in [7, 11) is 0. The number of amides is 1. The van der Waals surface area contributed by atoms with Gasteiger partial charge in [-0.1, -0.05) is 42.5 Å². The number of likely N-dealkylation sites (tertiary alicyclic amines) is 1. The van der Waals surface area contributed by atoms with Crippen molar-refractivity contribution >= 4 is 11.6 Å². The zero-order chi connectivity index (χ0) is 19.9. The number of benzene rings is 2. The first-order chi connectivity index (χ1) is 13.5. The number of hydrogen-bond acceptors (Lipinski definition) is 3. The molecule has 1 fully saturated rings. The molecule has 1 heterocycles. The maximum Gasteiger partial charge on any atom is 0.387 e. The first kappa shape index (κ1) is 20.3. The molecule has 1 amide bonds. The van der Waals surface area contributed by atoms with Gasteiger partial charge in [0, 0.05) is 0 Å². The maximum absolute atomic E-state index is 12.6. The van der Waals surface area contributed by atoms with Gasteiger partial charge in [0.05, 0.1) is 11.7 Å². The number of para-hydroxylation sites is 2. The molecule has 0 aliphatic carbocycles. The van der Waals surface area contributed by atoms with E-state index in [9.17, 15) is 13.6 Å².